The average Bonchev–Trinajstić information content (AvgIpc) is 3.31. The van der Waals surface area contributed by atoms with Crippen molar-refractivity contribution in [1.82, 2.24) is 4.98 Å². The Morgan fingerprint density at radius 3 is 2.29 bits per heavy atom. The summed E-state index contributed by atoms with van der Waals surface area (Å²) in [6.07, 6.45) is 1.77. The van der Waals surface area contributed by atoms with Crippen molar-refractivity contribution in [3.8, 4) is 34.6 Å². The highest BCUT2D eigenvalue weighted by molar-refractivity contribution is 7.11. The second-order valence-electron chi connectivity index (χ2n) is 6.73. The second kappa shape index (κ2) is 8.90. The van der Waals surface area contributed by atoms with E-state index in [1.807, 2.05) is 17.5 Å². The number of hydrogen-bond donors (Lipinski definition) is 0. The van der Waals surface area contributed by atoms with E-state index in [-0.39, 0.29) is 0 Å². The minimum Gasteiger partial charge on any atom is -0.493 e. The first-order valence-electron chi connectivity index (χ1n) is 9.53. The Morgan fingerprint density at radius 1 is 0.935 bits per heavy atom. The smallest absolute Gasteiger partial charge is 0.203 e. The number of aromatic nitrogens is 1. The van der Waals surface area contributed by atoms with Crippen molar-refractivity contribution in [2.45, 2.75) is 0 Å². The highest BCUT2D eigenvalue weighted by Gasteiger charge is 2.14. The largest absolute Gasteiger partial charge is 0.493 e. The SMILES string of the molecule is COc1cc(/C=C(/C#N)c2nc(-c3ccc4ccccc4c3)cs2)cc(OC)c1OC. The molecule has 0 aliphatic rings. The van der Waals surface area contributed by atoms with E-state index in [0.717, 1.165) is 22.2 Å². The summed E-state index contributed by atoms with van der Waals surface area (Å²) in [5.41, 5.74) is 3.09. The first-order valence-corrected chi connectivity index (χ1v) is 10.4. The van der Waals surface area contributed by atoms with Gasteiger partial charge in [0.2, 0.25) is 5.75 Å². The molecule has 0 saturated heterocycles. The van der Waals surface area contributed by atoms with Crippen molar-refractivity contribution in [3.63, 3.8) is 0 Å². The van der Waals surface area contributed by atoms with Gasteiger partial charge in [-0.2, -0.15) is 5.26 Å². The molecule has 5 nitrogen and oxygen atoms in total. The number of benzene rings is 3. The van der Waals surface area contributed by atoms with Gasteiger partial charge in [0.15, 0.2) is 11.5 Å². The molecule has 154 valence electrons. The lowest BCUT2D eigenvalue weighted by Gasteiger charge is -2.13. The predicted octanol–water partition coefficient (Wildman–Crippen LogP) is 6.05. The number of thiazole rings is 1. The van der Waals surface area contributed by atoms with E-state index < -0.39 is 0 Å². The number of fused-ring (bicyclic) bond motifs is 1. The summed E-state index contributed by atoms with van der Waals surface area (Å²) in [6.45, 7) is 0. The van der Waals surface area contributed by atoms with E-state index in [1.54, 1.807) is 39.5 Å². The van der Waals surface area contributed by atoms with Crippen LogP contribution in [-0.2, 0) is 0 Å². The van der Waals surface area contributed by atoms with Gasteiger partial charge < -0.3 is 14.2 Å². The van der Waals surface area contributed by atoms with Gasteiger partial charge in [-0.15, -0.1) is 11.3 Å². The highest BCUT2D eigenvalue weighted by Crippen LogP contribution is 2.39. The molecule has 0 amide bonds. The van der Waals surface area contributed by atoms with E-state index in [2.05, 4.69) is 36.4 Å². The van der Waals surface area contributed by atoms with Crippen molar-refractivity contribution in [3.05, 3.63) is 70.5 Å². The lowest BCUT2D eigenvalue weighted by molar-refractivity contribution is 0.324. The van der Waals surface area contributed by atoms with Crippen LogP contribution in [0.4, 0.5) is 0 Å². The summed E-state index contributed by atoms with van der Waals surface area (Å²) in [4.78, 5) is 4.71. The van der Waals surface area contributed by atoms with Gasteiger partial charge >= 0.3 is 0 Å². The zero-order valence-corrected chi connectivity index (χ0v) is 18.2. The summed E-state index contributed by atoms with van der Waals surface area (Å²) >= 11 is 1.44. The number of allylic oxidation sites excluding steroid dienone is 1. The van der Waals surface area contributed by atoms with E-state index in [4.69, 9.17) is 19.2 Å². The van der Waals surface area contributed by atoms with Gasteiger partial charge in [0.05, 0.1) is 32.6 Å². The van der Waals surface area contributed by atoms with Gasteiger partial charge in [0, 0.05) is 10.9 Å². The minimum atomic E-state index is 0.464. The molecule has 4 aromatic rings. The molecule has 0 unspecified atom stereocenters. The van der Waals surface area contributed by atoms with E-state index >= 15 is 0 Å². The summed E-state index contributed by atoms with van der Waals surface area (Å²) in [5.74, 6) is 1.57. The molecule has 0 atom stereocenters. The molecule has 0 aliphatic carbocycles. The molecule has 0 aliphatic heterocycles. The molecule has 0 bridgehead atoms. The van der Waals surface area contributed by atoms with Crippen LogP contribution in [0.2, 0.25) is 0 Å². The molecular formula is C25H20N2O3S. The fourth-order valence-corrected chi connectivity index (χ4v) is 4.17. The monoisotopic (exact) mass is 428 g/mol. The first-order chi connectivity index (χ1) is 15.2. The molecule has 4 rings (SSSR count). The van der Waals surface area contributed by atoms with Crippen LogP contribution >= 0.6 is 11.3 Å². The van der Waals surface area contributed by atoms with Crippen LogP contribution in [0, 0.1) is 11.3 Å². The van der Waals surface area contributed by atoms with Crippen LogP contribution in [0.15, 0.2) is 60.0 Å². The topological polar surface area (TPSA) is 64.4 Å². The summed E-state index contributed by atoms with van der Waals surface area (Å²) in [6, 6.07) is 20.3. The van der Waals surface area contributed by atoms with Gasteiger partial charge in [0.25, 0.3) is 0 Å². The van der Waals surface area contributed by atoms with Crippen molar-refractivity contribution in [2.24, 2.45) is 0 Å². The molecule has 1 aromatic heterocycles. The Morgan fingerprint density at radius 2 is 1.65 bits per heavy atom. The molecule has 0 saturated carbocycles. The molecule has 6 heteroatoms. The summed E-state index contributed by atoms with van der Waals surface area (Å²) < 4.78 is 16.2. The van der Waals surface area contributed by atoms with Gasteiger partial charge in [-0.05, 0) is 40.6 Å². The molecule has 0 fully saturated rings. The van der Waals surface area contributed by atoms with E-state index in [0.29, 0.717) is 27.8 Å². The third-order valence-electron chi connectivity index (χ3n) is 4.90. The van der Waals surface area contributed by atoms with Gasteiger partial charge in [0.1, 0.15) is 11.1 Å². The van der Waals surface area contributed by atoms with Crippen molar-refractivity contribution in [2.75, 3.05) is 21.3 Å². The molecule has 0 radical (unpaired) electrons. The van der Waals surface area contributed by atoms with Crippen LogP contribution in [0.5, 0.6) is 17.2 Å². The van der Waals surface area contributed by atoms with Gasteiger partial charge in [-0.3, -0.25) is 0 Å². The summed E-state index contributed by atoms with van der Waals surface area (Å²) in [7, 11) is 4.68. The number of methoxy groups -OCH3 is 3. The quantitative estimate of drug-likeness (QED) is 0.350. The molecule has 0 N–H and O–H groups in total. The van der Waals surface area contributed by atoms with Crippen molar-refractivity contribution < 1.29 is 14.2 Å². The second-order valence-corrected chi connectivity index (χ2v) is 7.59. The third kappa shape index (κ3) is 4.09. The maximum atomic E-state index is 9.78. The molecule has 1 heterocycles. The van der Waals surface area contributed by atoms with E-state index in [9.17, 15) is 5.26 Å². The predicted molar refractivity (Wildman–Crippen MR) is 125 cm³/mol. The van der Waals surface area contributed by atoms with Crippen LogP contribution in [0.1, 0.15) is 10.6 Å². The van der Waals surface area contributed by atoms with Crippen LogP contribution < -0.4 is 14.2 Å². The number of rotatable bonds is 6. The van der Waals surface area contributed by atoms with Crippen molar-refractivity contribution >= 4 is 33.8 Å². The number of nitriles is 1. The Bertz CT molecular complexity index is 1290. The fraction of sp³-hybridized carbons (Fsp3) is 0.120. The Kier molecular flexibility index (Phi) is 5.87. The zero-order valence-electron chi connectivity index (χ0n) is 17.4. The molecular weight excluding hydrogens is 408 g/mol. The number of nitrogens with zero attached hydrogens (tertiary/aromatic N) is 2. The maximum Gasteiger partial charge on any atom is 0.203 e. The number of hydrogen-bond acceptors (Lipinski definition) is 6. The minimum absolute atomic E-state index is 0.464. The van der Waals surface area contributed by atoms with Crippen LogP contribution in [0.3, 0.4) is 0 Å². The fourth-order valence-electron chi connectivity index (χ4n) is 3.37. The lowest BCUT2D eigenvalue weighted by Crippen LogP contribution is -1.95. The Hall–Kier alpha value is -3.82. The number of ether oxygens (including phenoxy) is 3. The average molecular weight is 429 g/mol. The standard InChI is InChI=1S/C25H20N2O3S/c1-28-22-11-16(12-23(29-2)24(22)30-3)10-20(14-26)25-27-21(15-31-25)19-9-8-17-6-4-5-7-18(17)13-19/h4-13,15H,1-3H3/b20-10-. The van der Waals surface area contributed by atoms with E-state index in [1.165, 1.54) is 16.7 Å². The van der Waals surface area contributed by atoms with Crippen LogP contribution in [0.25, 0.3) is 33.7 Å². The summed E-state index contributed by atoms with van der Waals surface area (Å²) in [5, 5.41) is 14.7. The normalized spacial score (nSPS) is 11.2. The molecule has 31 heavy (non-hydrogen) atoms. The molecule has 3 aromatic carbocycles. The maximum absolute atomic E-state index is 9.78. The lowest BCUT2D eigenvalue weighted by atomic mass is 10.1. The highest BCUT2D eigenvalue weighted by atomic mass is 32.1. The van der Waals surface area contributed by atoms with Crippen LogP contribution in [-0.4, -0.2) is 26.3 Å². The third-order valence-corrected chi connectivity index (χ3v) is 5.77. The Labute approximate surface area is 184 Å². The van der Waals surface area contributed by atoms with Crippen molar-refractivity contribution in [1.29, 1.82) is 5.26 Å². The zero-order chi connectivity index (χ0) is 21.8. The van der Waals surface area contributed by atoms with Gasteiger partial charge in [-0.25, -0.2) is 4.98 Å². The Balaban J connectivity index is 1.71. The molecule has 0 spiro atoms. The first kappa shape index (κ1) is 20.5. The van der Waals surface area contributed by atoms with Gasteiger partial charge in [-0.1, -0.05) is 36.4 Å².